The summed E-state index contributed by atoms with van der Waals surface area (Å²) in [4.78, 5) is 16.8. The average molecular weight is 446 g/mol. The van der Waals surface area contributed by atoms with Crippen LogP contribution in [0.4, 0.5) is 5.95 Å². The minimum absolute atomic E-state index is 0.401. The number of carbonyl (C=O) groups is 1. The summed E-state index contributed by atoms with van der Waals surface area (Å²) in [6, 6.07) is 14.4. The van der Waals surface area contributed by atoms with Crippen LogP contribution in [0, 0.1) is 0 Å². The number of benzene rings is 2. The second-order valence-electron chi connectivity index (χ2n) is 6.49. The van der Waals surface area contributed by atoms with Gasteiger partial charge in [-0.3, -0.25) is 4.79 Å². The monoisotopic (exact) mass is 445 g/mol. The van der Waals surface area contributed by atoms with Gasteiger partial charge >= 0.3 is 0 Å². The zero-order valence-corrected chi connectivity index (χ0v) is 17.7. The van der Waals surface area contributed by atoms with E-state index in [0.717, 1.165) is 11.1 Å². The van der Waals surface area contributed by atoms with Crippen LogP contribution >= 0.6 is 35.0 Å². The van der Waals surface area contributed by atoms with E-state index in [-0.39, 0.29) is 0 Å². The summed E-state index contributed by atoms with van der Waals surface area (Å²) in [6.45, 7) is 1.79. The maximum absolute atomic E-state index is 12.2. The quantitative estimate of drug-likeness (QED) is 0.558. The highest BCUT2D eigenvalue weighted by molar-refractivity contribution is 7.98. The molecule has 1 amide bonds. The fourth-order valence-corrected chi connectivity index (χ4v) is 4.61. The van der Waals surface area contributed by atoms with E-state index in [4.69, 9.17) is 28.9 Å². The molecule has 2 aromatic carbocycles. The molecule has 1 aliphatic heterocycles. The number of nitrogens with two attached hydrogens (primary N) is 1. The molecule has 0 aliphatic carbocycles. The Kier molecular flexibility index (Phi) is 5.54. The first-order valence-corrected chi connectivity index (χ1v) is 10.5. The summed E-state index contributed by atoms with van der Waals surface area (Å²) in [6.07, 6.45) is 0. The number of hydrogen-bond acceptors (Lipinski definition) is 5. The molecule has 0 spiro atoms. The van der Waals surface area contributed by atoms with E-state index in [2.05, 4.69) is 15.4 Å². The lowest BCUT2D eigenvalue weighted by atomic mass is 9.95. The van der Waals surface area contributed by atoms with Crippen molar-refractivity contribution in [3.8, 4) is 0 Å². The van der Waals surface area contributed by atoms with Crippen molar-refractivity contribution in [2.75, 3.05) is 5.32 Å². The average Bonchev–Trinajstić information content (AvgIpc) is 3.09. The number of amides is 1. The Balaban J connectivity index is 1.72. The number of primary amides is 1. The highest BCUT2D eigenvalue weighted by atomic mass is 35.5. The number of allylic oxidation sites excluding steroid dienone is 1. The van der Waals surface area contributed by atoms with E-state index in [0.29, 0.717) is 38.2 Å². The second-order valence-corrected chi connectivity index (χ2v) is 8.25. The van der Waals surface area contributed by atoms with Crippen molar-refractivity contribution in [2.45, 2.75) is 23.9 Å². The Bertz CT molecular complexity index is 1130. The van der Waals surface area contributed by atoms with Crippen molar-refractivity contribution in [2.24, 2.45) is 5.73 Å². The highest BCUT2D eigenvalue weighted by Gasteiger charge is 2.34. The van der Waals surface area contributed by atoms with Gasteiger partial charge in [0.2, 0.25) is 17.0 Å². The Morgan fingerprint density at radius 3 is 2.55 bits per heavy atom. The number of rotatable bonds is 5. The predicted molar refractivity (Wildman–Crippen MR) is 116 cm³/mol. The molecule has 6 nitrogen and oxygen atoms in total. The SMILES string of the molecule is CC1=C(C(N)=O)C(c2ccccc2Cl)n2nc(SCc3ccccc3Cl)nc2N1. The van der Waals surface area contributed by atoms with E-state index in [1.165, 1.54) is 11.8 Å². The normalized spacial score (nSPS) is 15.8. The standard InChI is InChI=1S/C20H17Cl2N5OS/c1-11-16(18(23)28)17(13-7-3-5-9-15(13)22)27-19(24-11)25-20(26-27)29-10-12-6-2-4-8-14(12)21/h2-9,17H,10H2,1H3,(H2,23,28)(H,24,25,26). The molecule has 4 rings (SSSR count). The molecule has 1 atom stereocenters. The van der Waals surface area contributed by atoms with Crippen LogP contribution in [0.5, 0.6) is 0 Å². The molecule has 3 aromatic rings. The molecule has 2 heterocycles. The zero-order valence-electron chi connectivity index (χ0n) is 15.4. The third-order valence-electron chi connectivity index (χ3n) is 4.61. The van der Waals surface area contributed by atoms with Gasteiger partial charge in [0, 0.05) is 27.1 Å². The highest BCUT2D eigenvalue weighted by Crippen LogP contribution is 2.38. The first kappa shape index (κ1) is 19.8. The molecule has 3 N–H and O–H groups in total. The fourth-order valence-electron chi connectivity index (χ4n) is 3.25. The third-order valence-corrected chi connectivity index (χ3v) is 6.21. The Morgan fingerprint density at radius 2 is 1.86 bits per heavy atom. The van der Waals surface area contributed by atoms with E-state index in [1.807, 2.05) is 42.5 Å². The largest absolute Gasteiger partial charge is 0.366 e. The smallest absolute Gasteiger partial charge is 0.248 e. The van der Waals surface area contributed by atoms with Crippen molar-refractivity contribution in [3.63, 3.8) is 0 Å². The number of carbonyl (C=O) groups excluding carboxylic acids is 1. The molecule has 0 saturated carbocycles. The lowest BCUT2D eigenvalue weighted by Gasteiger charge is -2.28. The first-order valence-electron chi connectivity index (χ1n) is 8.80. The van der Waals surface area contributed by atoms with Crippen LogP contribution < -0.4 is 11.1 Å². The minimum atomic E-state index is -0.556. The second kappa shape index (κ2) is 8.10. The maximum Gasteiger partial charge on any atom is 0.248 e. The van der Waals surface area contributed by atoms with Gasteiger partial charge in [0.25, 0.3) is 0 Å². The number of nitrogens with one attached hydrogen (secondary N) is 1. The van der Waals surface area contributed by atoms with Gasteiger partial charge in [0.15, 0.2) is 0 Å². The van der Waals surface area contributed by atoms with Crippen LogP contribution in [0.3, 0.4) is 0 Å². The van der Waals surface area contributed by atoms with Crippen molar-refractivity contribution < 1.29 is 4.79 Å². The summed E-state index contributed by atoms with van der Waals surface area (Å²) in [5.74, 6) is 0.611. The van der Waals surface area contributed by atoms with Crippen molar-refractivity contribution in [1.29, 1.82) is 0 Å². The lowest BCUT2D eigenvalue weighted by Crippen LogP contribution is -2.32. The molecule has 0 saturated heterocycles. The van der Waals surface area contributed by atoms with Gasteiger partial charge in [-0.25, -0.2) is 4.68 Å². The molecule has 1 aliphatic rings. The van der Waals surface area contributed by atoms with Gasteiger partial charge < -0.3 is 11.1 Å². The van der Waals surface area contributed by atoms with E-state index in [9.17, 15) is 4.79 Å². The Labute approximate surface area is 182 Å². The zero-order chi connectivity index (χ0) is 20.5. The number of aromatic nitrogens is 3. The molecule has 148 valence electrons. The topological polar surface area (TPSA) is 85.8 Å². The number of anilines is 1. The number of fused-ring (bicyclic) bond motifs is 1. The number of thioether (sulfide) groups is 1. The summed E-state index contributed by atoms with van der Waals surface area (Å²) >= 11 is 14.1. The maximum atomic E-state index is 12.2. The van der Waals surface area contributed by atoms with Crippen LogP contribution in [0.2, 0.25) is 10.0 Å². The minimum Gasteiger partial charge on any atom is -0.366 e. The number of nitrogens with zero attached hydrogens (tertiary/aromatic N) is 3. The molecular weight excluding hydrogens is 429 g/mol. The first-order chi connectivity index (χ1) is 14.0. The van der Waals surface area contributed by atoms with Crippen LogP contribution in [-0.2, 0) is 10.5 Å². The van der Waals surface area contributed by atoms with Crippen LogP contribution in [0.25, 0.3) is 0 Å². The van der Waals surface area contributed by atoms with Gasteiger partial charge in [0.1, 0.15) is 6.04 Å². The molecule has 0 radical (unpaired) electrons. The number of halogens is 2. The van der Waals surface area contributed by atoms with Crippen LogP contribution in [0.15, 0.2) is 65.0 Å². The molecule has 29 heavy (non-hydrogen) atoms. The van der Waals surface area contributed by atoms with Crippen LogP contribution in [-0.4, -0.2) is 20.7 Å². The molecule has 0 bridgehead atoms. The molecular formula is C20H17Cl2N5OS. The van der Waals surface area contributed by atoms with E-state index >= 15 is 0 Å². The van der Waals surface area contributed by atoms with Crippen molar-refractivity contribution in [3.05, 3.63) is 81.0 Å². The van der Waals surface area contributed by atoms with Gasteiger partial charge in [-0.15, -0.1) is 5.10 Å². The molecule has 9 heteroatoms. The predicted octanol–water partition coefficient (Wildman–Crippen LogP) is 4.65. The number of hydrogen-bond donors (Lipinski definition) is 2. The van der Waals surface area contributed by atoms with Gasteiger partial charge in [-0.1, -0.05) is 71.4 Å². The van der Waals surface area contributed by atoms with Gasteiger partial charge in [-0.05, 0) is 24.6 Å². The van der Waals surface area contributed by atoms with E-state index < -0.39 is 11.9 Å². The molecule has 1 aromatic heterocycles. The van der Waals surface area contributed by atoms with Crippen molar-refractivity contribution in [1.82, 2.24) is 14.8 Å². The molecule has 0 fully saturated rings. The fraction of sp³-hybridized carbons (Fsp3) is 0.150. The summed E-state index contributed by atoms with van der Waals surface area (Å²) < 4.78 is 1.66. The third kappa shape index (κ3) is 3.85. The summed E-state index contributed by atoms with van der Waals surface area (Å²) in [5, 5.41) is 9.53. The van der Waals surface area contributed by atoms with Gasteiger partial charge in [0.05, 0.1) is 5.57 Å². The molecule has 1 unspecified atom stereocenters. The lowest BCUT2D eigenvalue weighted by molar-refractivity contribution is -0.115. The summed E-state index contributed by atoms with van der Waals surface area (Å²) in [7, 11) is 0. The van der Waals surface area contributed by atoms with Crippen molar-refractivity contribution >= 4 is 46.8 Å². The van der Waals surface area contributed by atoms with E-state index in [1.54, 1.807) is 17.7 Å². The Hall–Kier alpha value is -2.48. The Morgan fingerprint density at radius 1 is 1.17 bits per heavy atom. The van der Waals surface area contributed by atoms with Crippen LogP contribution in [0.1, 0.15) is 24.1 Å². The summed E-state index contributed by atoms with van der Waals surface area (Å²) in [5.41, 5.74) is 8.45. The van der Waals surface area contributed by atoms with Gasteiger partial charge in [-0.2, -0.15) is 4.98 Å².